The largest absolute Gasteiger partial charge is 0.479 e. The van der Waals surface area contributed by atoms with E-state index in [9.17, 15) is 13.2 Å². The van der Waals surface area contributed by atoms with Crippen LogP contribution in [0.1, 0.15) is 12.0 Å². The molecule has 0 aliphatic carbocycles. The van der Waals surface area contributed by atoms with E-state index in [1.165, 1.54) is 12.1 Å². The first-order valence-corrected chi connectivity index (χ1v) is 6.78. The van der Waals surface area contributed by atoms with Crippen LogP contribution in [-0.4, -0.2) is 37.2 Å². The summed E-state index contributed by atoms with van der Waals surface area (Å²) in [7, 11) is -3.66. The van der Waals surface area contributed by atoms with Crippen molar-refractivity contribution in [3.8, 4) is 0 Å². The van der Waals surface area contributed by atoms with Crippen LogP contribution in [0.2, 0.25) is 0 Å². The maximum absolute atomic E-state index is 11.8. The molecule has 6 nitrogen and oxygen atoms in total. The first-order valence-electron chi connectivity index (χ1n) is 5.30. The predicted octanol–water partition coefficient (Wildman–Crippen LogP) is 0.109. The molecule has 0 aromatic heterocycles. The Morgan fingerprint density at radius 3 is 2.67 bits per heavy atom. The van der Waals surface area contributed by atoms with Gasteiger partial charge in [-0.1, -0.05) is 12.1 Å². The fourth-order valence-electron chi connectivity index (χ4n) is 1.32. The van der Waals surface area contributed by atoms with Gasteiger partial charge in [-0.2, -0.15) is 0 Å². The van der Waals surface area contributed by atoms with Crippen LogP contribution in [0.4, 0.5) is 0 Å². The maximum Gasteiger partial charge on any atom is 0.332 e. The smallest absolute Gasteiger partial charge is 0.332 e. The lowest BCUT2D eigenvalue weighted by atomic mass is 10.2. The summed E-state index contributed by atoms with van der Waals surface area (Å²) in [6.07, 6.45) is -1.74. The number of aryl methyl sites for hydroxylation is 1. The zero-order valence-electron chi connectivity index (χ0n) is 9.83. The number of hydrogen-bond acceptors (Lipinski definition) is 4. The Morgan fingerprint density at radius 2 is 2.11 bits per heavy atom. The minimum absolute atomic E-state index is 0.118. The number of nitrogens with one attached hydrogen (secondary N) is 1. The molecular weight excluding hydrogens is 258 g/mol. The standard InChI is InChI=1S/C11H15NO5S/c1-8-3-2-4-9(7-8)18(16,17)12-6-5-10(13)11(14)15/h2-4,7,10,12-13H,5-6H2,1H3,(H,14,15). The number of carboxylic acids is 1. The maximum atomic E-state index is 11.8. The van der Waals surface area contributed by atoms with Crippen LogP contribution in [-0.2, 0) is 14.8 Å². The summed E-state index contributed by atoms with van der Waals surface area (Å²) in [6, 6.07) is 6.35. The molecule has 1 atom stereocenters. The third-order valence-electron chi connectivity index (χ3n) is 2.29. The zero-order valence-corrected chi connectivity index (χ0v) is 10.6. The van der Waals surface area contributed by atoms with Gasteiger partial charge in [0.25, 0.3) is 0 Å². The average molecular weight is 273 g/mol. The summed E-state index contributed by atoms with van der Waals surface area (Å²) >= 11 is 0. The lowest BCUT2D eigenvalue weighted by Gasteiger charge is -2.08. The Hall–Kier alpha value is -1.44. The van der Waals surface area contributed by atoms with Gasteiger partial charge in [-0.15, -0.1) is 0 Å². The first-order chi connectivity index (χ1) is 8.33. The van der Waals surface area contributed by atoms with E-state index in [1.54, 1.807) is 19.1 Å². The normalized spacial score (nSPS) is 13.2. The number of benzene rings is 1. The molecule has 1 aromatic rings. The molecule has 18 heavy (non-hydrogen) atoms. The molecule has 1 unspecified atom stereocenters. The lowest BCUT2D eigenvalue weighted by Crippen LogP contribution is -2.30. The van der Waals surface area contributed by atoms with Crippen molar-refractivity contribution < 1.29 is 23.4 Å². The highest BCUT2D eigenvalue weighted by molar-refractivity contribution is 7.89. The second-order valence-electron chi connectivity index (χ2n) is 3.86. The van der Waals surface area contributed by atoms with E-state index in [-0.39, 0.29) is 17.9 Å². The van der Waals surface area contributed by atoms with Crippen LogP contribution < -0.4 is 4.72 Å². The van der Waals surface area contributed by atoms with Crippen LogP contribution in [0.25, 0.3) is 0 Å². The predicted molar refractivity (Wildman–Crippen MR) is 64.6 cm³/mol. The highest BCUT2D eigenvalue weighted by Gasteiger charge is 2.16. The number of carboxylic acid groups (broad SMARTS) is 1. The van der Waals surface area contributed by atoms with Gasteiger partial charge in [0.05, 0.1) is 4.90 Å². The number of aliphatic carboxylic acids is 1. The number of carbonyl (C=O) groups is 1. The molecule has 0 amide bonds. The van der Waals surface area contributed by atoms with Crippen LogP contribution in [0.5, 0.6) is 0 Å². The van der Waals surface area contributed by atoms with Crippen molar-refractivity contribution in [1.29, 1.82) is 0 Å². The van der Waals surface area contributed by atoms with Crippen LogP contribution in [0.3, 0.4) is 0 Å². The van der Waals surface area contributed by atoms with Gasteiger partial charge < -0.3 is 10.2 Å². The van der Waals surface area contributed by atoms with E-state index in [0.717, 1.165) is 5.56 Å². The molecule has 0 saturated heterocycles. The molecule has 1 rings (SSSR count). The third kappa shape index (κ3) is 4.10. The molecule has 0 saturated carbocycles. The lowest BCUT2D eigenvalue weighted by molar-refractivity contribution is -0.146. The van der Waals surface area contributed by atoms with Crippen molar-refractivity contribution in [1.82, 2.24) is 4.72 Å². The van der Waals surface area contributed by atoms with Crippen molar-refractivity contribution in [2.75, 3.05) is 6.54 Å². The molecule has 7 heteroatoms. The van der Waals surface area contributed by atoms with E-state index in [2.05, 4.69) is 4.72 Å². The number of aliphatic hydroxyl groups excluding tert-OH is 1. The quantitative estimate of drug-likeness (QED) is 0.682. The molecule has 0 aliphatic heterocycles. The fraction of sp³-hybridized carbons (Fsp3) is 0.364. The van der Waals surface area contributed by atoms with Gasteiger partial charge in [-0.05, 0) is 31.0 Å². The molecule has 3 N–H and O–H groups in total. The number of sulfonamides is 1. The van der Waals surface area contributed by atoms with Crippen molar-refractivity contribution in [2.45, 2.75) is 24.3 Å². The second kappa shape index (κ2) is 5.94. The number of hydrogen-bond donors (Lipinski definition) is 3. The summed E-state index contributed by atoms with van der Waals surface area (Å²) in [5.74, 6) is -1.37. The Bertz CT molecular complexity index is 526. The molecule has 0 aliphatic rings. The van der Waals surface area contributed by atoms with Crippen LogP contribution >= 0.6 is 0 Å². The number of rotatable bonds is 6. The molecular formula is C11H15NO5S. The Kier molecular flexibility index (Phi) is 4.83. The molecule has 1 aromatic carbocycles. The number of aliphatic hydroxyl groups is 1. The molecule has 0 spiro atoms. The van der Waals surface area contributed by atoms with E-state index in [0.29, 0.717) is 0 Å². The van der Waals surface area contributed by atoms with Crippen molar-refractivity contribution in [3.63, 3.8) is 0 Å². The highest BCUT2D eigenvalue weighted by Crippen LogP contribution is 2.10. The van der Waals surface area contributed by atoms with Gasteiger partial charge in [0, 0.05) is 6.54 Å². The zero-order chi connectivity index (χ0) is 13.8. The van der Waals surface area contributed by atoms with Crippen molar-refractivity contribution in [2.24, 2.45) is 0 Å². The second-order valence-corrected chi connectivity index (χ2v) is 5.62. The molecule has 0 fully saturated rings. The van der Waals surface area contributed by atoms with Gasteiger partial charge in [0.1, 0.15) is 0 Å². The van der Waals surface area contributed by atoms with Gasteiger partial charge >= 0.3 is 5.97 Å². The van der Waals surface area contributed by atoms with Gasteiger partial charge in [-0.25, -0.2) is 17.9 Å². The highest BCUT2D eigenvalue weighted by atomic mass is 32.2. The summed E-state index contributed by atoms with van der Waals surface area (Å²) in [4.78, 5) is 10.5. The monoisotopic (exact) mass is 273 g/mol. The summed E-state index contributed by atoms with van der Waals surface area (Å²) in [5, 5.41) is 17.4. The Balaban J connectivity index is 2.64. The van der Waals surface area contributed by atoms with E-state index in [4.69, 9.17) is 10.2 Å². The van der Waals surface area contributed by atoms with E-state index >= 15 is 0 Å². The van der Waals surface area contributed by atoms with Crippen molar-refractivity contribution >= 4 is 16.0 Å². The Labute approximate surface area is 105 Å². The van der Waals surface area contributed by atoms with Gasteiger partial charge in [0.15, 0.2) is 6.10 Å². The minimum atomic E-state index is -3.66. The van der Waals surface area contributed by atoms with Crippen molar-refractivity contribution in [3.05, 3.63) is 29.8 Å². The average Bonchev–Trinajstić information content (AvgIpc) is 2.28. The Morgan fingerprint density at radius 1 is 1.44 bits per heavy atom. The molecule has 0 bridgehead atoms. The third-order valence-corrected chi connectivity index (χ3v) is 3.75. The summed E-state index contributed by atoms with van der Waals surface area (Å²) < 4.78 is 25.8. The van der Waals surface area contributed by atoms with E-state index < -0.39 is 22.1 Å². The van der Waals surface area contributed by atoms with E-state index in [1.807, 2.05) is 0 Å². The van der Waals surface area contributed by atoms with Gasteiger partial charge in [-0.3, -0.25) is 0 Å². The molecule has 0 radical (unpaired) electrons. The SMILES string of the molecule is Cc1cccc(S(=O)(=O)NCCC(O)C(=O)O)c1. The van der Waals surface area contributed by atoms with Crippen LogP contribution in [0, 0.1) is 6.92 Å². The summed E-state index contributed by atoms with van der Waals surface area (Å²) in [6.45, 7) is 1.64. The van der Waals surface area contributed by atoms with Gasteiger partial charge in [0.2, 0.25) is 10.0 Å². The summed E-state index contributed by atoms with van der Waals surface area (Å²) in [5.41, 5.74) is 0.809. The molecule has 0 heterocycles. The first kappa shape index (κ1) is 14.6. The molecule has 100 valence electrons. The minimum Gasteiger partial charge on any atom is -0.479 e. The fourth-order valence-corrected chi connectivity index (χ4v) is 2.47. The topological polar surface area (TPSA) is 104 Å². The van der Waals surface area contributed by atoms with Crippen LogP contribution in [0.15, 0.2) is 29.2 Å².